The van der Waals surface area contributed by atoms with E-state index in [9.17, 15) is 9.59 Å². The summed E-state index contributed by atoms with van der Waals surface area (Å²) in [6, 6.07) is 3.66. The largest absolute Gasteiger partial charge is 0.469 e. The summed E-state index contributed by atoms with van der Waals surface area (Å²) in [5.41, 5.74) is 0. The van der Waals surface area contributed by atoms with Gasteiger partial charge < -0.3 is 9.64 Å². The summed E-state index contributed by atoms with van der Waals surface area (Å²) in [5, 5.41) is 0. The Hall–Kier alpha value is -0.880. The molecule has 1 aliphatic heterocycles. The molecule has 0 N–H and O–H groups in total. The number of likely N-dealkylation sites (tertiary alicyclic amines) is 1. The highest BCUT2D eigenvalue weighted by atomic mass is 79.9. The first-order valence-corrected chi connectivity index (χ1v) is 7.26. The Morgan fingerprint density at radius 1 is 1.44 bits per heavy atom. The SMILES string of the molecule is COC(=O)C1CN(C(=O)c2ccc(Br)s2)CC1C. The van der Waals surface area contributed by atoms with E-state index in [1.165, 1.54) is 18.4 Å². The molecule has 1 aromatic rings. The molecule has 2 unspecified atom stereocenters. The van der Waals surface area contributed by atoms with Gasteiger partial charge in [0.25, 0.3) is 5.91 Å². The molecule has 98 valence electrons. The molecule has 0 aliphatic carbocycles. The highest BCUT2D eigenvalue weighted by molar-refractivity contribution is 9.11. The van der Waals surface area contributed by atoms with Crippen molar-refractivity contribution in [1.82, 2.24) is 4.90 Å². The third-order valence-electron chi connectivity index (χ3n) is 3.19. The Morgan fingerprint density at radius 2 is 2.17 bits per heavy atom. The van der Waals surface area contributed by atoms with Gasteiger partial charge in [0, 0.05) is 13.1 Å². The Bertz CT molecular complexity index is 474. The first-order valence-electron chi connectivity index (χ1n) is 5.65. The van der Waals surface area contributed by atoms with Gasteiger partial charge in [0.05, 0.1) is 21.7 Å². The topological polar surface area (TPSA) is 46.6 Å². The van der Waals surface area contributed by atoms with Crippen LogP contribution in [0.4, 0.5) is 0 Å². The van der Waals surface area contributed by atoms with Gasteiger partial charge in [-0.2, -0.15) is 0 Å². The van der Waals surface area contributed by atoms with E-state index in [4.69, 9.17) is 4.74 Å². The van der Waals surface area contributed by atoms with E-state index < -0.39 is 0 Å². The van der Waals surface area contributed by atoms with Crippen LogP contribution < -0.4 is 0 Å². The molecule has 2 rings (SSSR count). The van der Waals surface area contributed by atoms with Crippen molar-refractivity contribution in [2.24, 2.45) is 11.8 Å². The van der Waals surface area contributed by atoms with Gasteiger partial charge >= 0.3 is 5.97 Å². The van der Waals surface area contributed by atoms with Crippen LogP contribution in [-0.4, -0.2) is 37.0 Å². The van der Waals surface area contributed by atoms with E-state index in [0.29, 0.717) is 18.0 Å². The number of nitrogens with zero attached hydrogens (tertiary/aromatic N) is 1. The highest BCUT2D eigenvalue weighted by Crippen LogP contribution is 2.28. The van der Waals surface area contributed by atoms with Crippen LogP contribution in [0.2, 0.25) is 0 Å². The minimum atomic E-state index is -0.231. The molecule has 1 aromatic heterocycles. The molecule has 18 heavy (non-hydrogen) atoms. The van der Waals surface area contributed by atoms with Gasteiger partial charge in [-0.05, 0) is 34.0 Å². The number of carbonyl (C=O) groups excluding carboxylic acids is 2. The predicted octanol–water partition coefficient (Wildman–Crippen LogP) is 2.39. The lowest BCUT2D eigenvalue weighted by Crippen LogP contribution is -2.29. The molecular formula is C12H14BrNO3S. The monoisotopic (exact) mass is 331 g/mol. The molecule has 2 heterocycles. The third kappa shape index (κ3) is 2.59. The van der Waals surface area contributed by atoms with E-state index in [0.717, 1.165) is 3.79 Å². The fourth-order valence-electron chi connectivity index (χ4n) is 2.18. The predicted molar refractivity (Wildman–Crippen MR) is 72.6 cm³/mol. The number of thiophene rings is 1. The van der Waals surface area contributed by atoms with Crippen molar-refractivity contribution >= 4 is 39.1 Å². The highest BCUT2D eigenvalue weighted by Gasteiger charge is 2.38. The van der Waals surface area contributed by atoms with Crippen molar-refractivity contribution in [2.75, 3.05) is 20.2 Å². The molecule has 6 heteroatoms. The van der Waals surface area contributed by atoms with E-state index in [1.807, 2.05) is 13.0 Å². The maximum Gasteiger partial charge on any atom is 0.310 e. The summed E-state index contributed by atoms with van der Waals surface area (Å²) in [6.07, 6.45) is 0. The number of esters is 1. The first-order chi connectivity index (χ1) is 8.52. The van der Waals surface area contributed by atoms with Gasteiger partial charge in [0.1, 0.15) is 0 Å². The second-order valence-electron chi connectivity index (χ2n) is 4.42. The summed E-state index contributed by atoms with van der Waals surface area (Å²) < 4.78 is 5.69. The number of ether oxygens (including phenoxy) is 1. The fraction of sp³-hybridized carbons (Fsp3) is 0.500. The molecule has 1 aliphatic rings. The third-order valence-corrected chi connectivity index (χ3v) is 4.80. The lowest BCUT2D eigenvalue weighted by atomic mass is 9.99. The standard InChI is InChI=1S/C12H14BrNO3S/c1-7-5-14(6-8(7)12(16)17-2)11(15)9-3-4-10(13)18-9/h3-4,7-8H,5-6H2,1-2H3. The Kier molecular flexibility index (Phi) is 4.07. The van der Waals surface area contributed by atoms with Crippen LogP contribution in [0.5, 0.6) is 0 Å². The Labute approximate surface area is 118 Å². The number of hydrogen-bond donors (Lipinski definition) is 0. The molecule has 1 amide bonds. The van der Waals surface area contributed by atoms with Crippen LogP contribution in [0.1, 0.15) is 16.6 Å². The molecule has 0 radical (unpaired) electrons. The van der Waals surface area contributed by atoms with Gasteiger partial charge in [-0.25, -0.2) is 0 Å². The van der Waals surface area contributed by atoms with Crippen molar-refractivity contribution in [2.45, 2.75) is 6.92 Å². The quantitative estimate of drug-likeness (QED) is 0.782. The van der Waals surface area contributed by atoms with E-state index >= 15 is 0 Å². The number of hydrogen-bond acceptors (Lipinski definition) is 4. The molecule has 1 saturated heterocycles. The van der Waals surface area contributed by atoms with Crippen molar-refractivity contribution in [3.63, 3.8) is 0 Å². The lowest BCUT2D eigenvalue weighted by molar-refractivity contribution is -0.145. The van der Waals surface area contributed by atoms with Crippen LogP contribution in [-0.2, 0) is 9.53 Å². The molecule has 0 spiro atoms. The summed E-state index contributed by atoms with van der Waals surface area (Å²) in [4.78, 5) is 26.2. The number of rotatable bonds is 2. The van der Waals surface area contributed by atoms with Crippen LogP contribution in [0.25, 0.3) is 0 Å². The molecule has 0 aromatic carbocycles. The molecule has 4 nitrogen and oxygen atoms in total. The van der Waals surface area contributed by atoms with E-state index in [2.05, 4.69) is 15.9 Å². The van der Waals surface area contributed by atoms with E-state index in [-0.39, 0.29) is 23.7 Å². The van der Waals surface area contributed by atoms with Gasteiger partial charge in [-0.3, -0.25) is 9.59 Å². The average Bonchev–Trinajstić information content (AvgIpc) is 2.94. The lowest BCUT2D eigenvalue weighted by Gasteiger charge is -2.14. The molecule has 1 fully saturated rings. The van der Waals surface area contributed by atoms with Gasteiger partial charge in [0.15, 0.2) is 0 Å². The van der Waals surface area contributed by atoms with Crippen LogP contribution in [0.15, 0.2) is 15.9 Å². The number of halogens is 1. The maximum atomic E-state index is 12.2. The zero-order valence-electron chi connectivity index (χ0n) is 10.2. The van der Waals surface area contributed by atoms with Crippen molar-refractivity contribution in [3.8, 4) is 0 Å². The first kappa shape index (κ1) is 13.5. The summed E-state index contributed by atoms with van der Waals surface area (Å²) in [6.45, 7) is 3.02. The fourth-order valence-corrected chi connectivity index (χ4v) is 3.53. The zero-order valence-corrected chi connectivity index (χ0v) is 12.6. The Balaban J connectivity index is 2.08. The van der Waals surface area contributed by atoms with Crippen LogP contribution in [0.3, 0.4) is 0 Å². The van der Waals surface area contributed by atoms with E-state index in [1.54, 1.807) is 11.0 Å². The van der Waals surface area contributed by atoms with Gasteiger partial charge in [0.2, 0.25) is 0 Å². The minimum absolute atomic E-state index is 0.0102. The van der Waals surface area contributed by atoms with Crippen LogP contribution in [0, 0.1) is 11.8 Å². The molecule has 2 atom stereocenters. The van der Waals surface area contributed by atoms with Gasteiger partial charge in [-0.1, -0.05) is 6.92 Å². The smallest absolute Gasteiger partial charge is 0.310 e. The van der Waals surface area contributed by atoms with Crippen molar-refractivity contribution in [1.29, 1.82) is 0 Å². The molecule has 0 bridgehead atoms. The average molecular weight is 332 g/mol. The summed E-state index contributed by atoms with van der Waals surface area (Å²) in [5.74, 6) is -0.304. The maximum absolute atomic E-state index is 12.2. The normalized spacial score (nSPS) is 23.2. The van der Waals surface area contributed by atoms with Crippen molar-refractivity contribution < 1.29 is 14.3 Å². The minimum Gasteiger partial charge on any atom is -0.469 e. The molecular weight excluding hydrogens is 318 g/mol. The van der Waals surface area contributed by atoms with Crippen LogP contribution >= 0.6 is 27.3 Å². The second-order valence-corrected chi connectivity index (χ2v) is 6.88. The second kappa shape index (κ2) is 5.40. The number of amides is 1. The zero-order chi connectivity index (χ0) is 13.3. The molecule has 0 saturated carbocycles. The summed E-state index contributed by atoms with van der Waals surface area (Å²) in [7, 11) is 1.38. The van der Waals surface area contributed by atoms with Gasteiger partial charge in [-0.15, -0.1) is 11.3 Å². The Morgan fingerprint density at radius 3 is 2.72 bits per heavy atom. The summed E-state index contributed by atoms with van der Waals surface area (Å²) >= 11 is 4.75. The van der Waals surface area contributed by atoms with Crippen molar-refractivity contribution in [3.05, 3.63) is 20.8 Å². The number of methoxy groups -OCH3 is 1. The number of carbonyl (C=O) groups is 2.